The Morgan fingerprint density at radius 2 is 1.94 bits per heavy atom. The molecule has 1 aromatic carbocycles. The van der Waals surface area contributed by atoms with E-state index < -0.39 is 9.84 Å². The van der Waals surface area contributed by atoms with E-state index in [1.165, 1.54) is 11.8 Å². The number of benzene rings is 1. The van der Waals surface area contributed by atoms with Gasteiger partial charge in [-0.25, -0.2) is 18.4 Å². The number of hydrogen-bond donors (Lipinski definition) is 0. The third-order valence-electron chi connectivity index (χ3n) is 5.69. The number of sulfone groups is 1. The van der Waals surface area contributed by atoms with Gasteiger partial charge in [0.1, 0.15) is 15.7 Å². The van der Waals surface area contributed by atoms with E-state index in [-0.39, 0.29) is 35.2 Å². The van der Waals surface area contributed by atoms with Gasteiger partial charge in [0.25, 0.3) is 0 Å². The minimum Gasteiger partial charge on any atom is -0.335 e. The van der Waals surface area contributed by atoms with Crippen molar-refractivity contribution < 1.29 is 13.2 Å². The topological polar surface area (TPSA) is 80.2 Å². The number of carbonyl (C=O) groups excluding carboxylic acids is 1. The molecule has 31 heavy (non-hydrogen) atoms. The van der Waals surface area contributed by atoms with E-state index in [4.69, 9.17) is 0 Å². The van der Waals surface area contributed by atoms with Gasteiger partial charge in [-0.15, -0.1) is 11.3 Å². The molecule has 1 unspecified atom stereocenters. The highest BCUT2D eigenvalue weighted by atomic mass is 32.2. The molecular formula is C22H23N3O3S3. The van der Waals surface area contributed by atoms with Crippen LogP contribution in [0.15, 0.2) is 41.4 Å². The third-order valence-corrected chi connectivity index (χ3v) is 9.49. The van der Waals surface area contributed by atoms with E-state index in [1.807, 2.05) is 30.0 Å². The van der Waals surface area contributed by atoms with Crippen LogP contribution >= 0.6 is 23.1 Å². The van der Waals surface area contributed by atoms with Gasteiger partial charge in [-0.2, -0.15) is 0 Å². The molecule has 1 atom stereocenters. The highest BCUT2D eigenvalue weighted by Gasteiger charge is 2.41. The number of aryl methyl sites for hydroxylation is 1. The third kappa shape index (κ3) is 4.49. The van der Waals surface area contributed by atoms with Crippen LogP contribution < -0.4 is 0 Å². The van der Waals surface area contributed by atoms with Gasteiger partial charge in [0.05, 0.1) is 17.3 Å². The van der Waals surface area contributed by atoms with Crippen molar-refractivity contribution in [2.75, 3.05) is 17.3 Å². The Labute approximate surface area is 190 Å². The summed E-state index contributed by atoms with van der Waals surface area (Å²) in [5.74, 6) is 1.24. The minimum absolute atomic E-state index is 0.0116. The summed E-state index contributed by atoms with van der Waals surface area (Å²) in [6.45, 7) is 1.87. The molecule has 1 saturated heterocycles. The monoisotopic (exact) mass is 473 g/mol. The van der Waals surface area contributed by atoms with Crippen LogP contribution in [0.1, 0.15) is 25.1 Å². The summed E-state index contributed by atoms with van der Waals surface area (Å²) in [4.78, 5) is 26.2. The van der Waals surface area contributed by atoms with Crippen LogP contribution in [-0.2, 0) is 14.6 Å². The van der Waals surface area contributed by atoms with E-state index in [2.05, 4.69) is 28.2 Å². The zero-order valence-electron chi connectivity index (χ0n) is 17.2. The molecule has 0 bridgehead atoms. The second kappa shape index (κ2) is 8.18. The Morgan fingerprint density at radius 3 is 2.61 bits per heavy atom. The molecule has 6 nitrogen and oxygen atoms in total. The number of thiophene rings is 1. The van der Waals surface area contributed by atoms with E-state index >= 15 is 0 Å². The van der Waals surface area contributed by atoms with E-state index in [0.29, 0.717) is 12.2 Å². The number of amides is 1. The fourth-order valence-electron chi connectivity index (χ4n) is 4.11. The number of carbonyl (C=O) groups is 1. The summed E-state index contributed by atoms with van der Waals surface area (Å²) >= 11 is 3.06. The van der Waals surface area contributed by atoms with Crippen molar-refractivity contribution in [1.29, 1.82) is 0 Å². The second-order valence-corrected chi connectivity index (χ2v) is 12.4. The smallest absolute Gasteiger partial charge is 0.233 e. The number of rotatable bonds is 6. The molecular weight excluding hydrogens is 450 g/mol. The zero-order valence-corrected chi connectivity index (χ0v) is 19.6. The van der Waals surface area contributed by atoms with Crippen LogP contribution in [0.25, 0.3) is 20.7 Å². The molecule has 9 heteroatoms. The first-order valence-electron chi connectivity index (χ1n) is 10.4. The van der Waals surface area contributed by atoms with Crippen molar-refractivity contribution in [3.05, 3.63) is 42.2 Å². The highest BCUT2D eigenvalue weighted by Crippen LogP contribution is 2.38. The Hall–Kier alpha value is -1.97. The van der Waals surface area contributed by atoms with Crippen LogP contribution in [-0.4, -0.2) is 58.5 Å². The maximum Gasteiger partial charge on any atom is 0.233 e. The van der Waals surface area contributed by atoms with Crippen molar-refractivity contribution in [3.8, 4) is 10.4 Å². The minimum atomic E-state index is -3.02. The van der Waals surface area contributed by atoms with Crippen LogP contribution in [0.5, 0.6) is 0 Å². The maximum absolute atomic E-state index is 13.1. The van der Waals surface area contributed by atoms with Gasteiger partial charge in [0, 0.05) is 22.3 Å². The van der Waals surface area contributed by atoms with E-state index in [9.17, 15) is 13.2 Å². The van der Waals surface area contributed by atoms with Crippen molar-refractivity contribution >= 4 is 49.1 Å². The molecule has 1 aliphatic carbocycles. The fourth-order valence-corrected chi connectivity index (χ4v) is 7.88. The predicted octanol–water partition coefficient (Wildman–Crippen LogP) is 3.94. The molecule has 0 N–H and O–H groups in total. The van der Waals surface area contributed by atoms with Gasteiger partial charge >= 0.3 is 0 Å². The average Bonchev–Trinajstić information content (AvgIpc) is 3.37. The van der Waals surface area contributed by atoms with Crippen LogP contribution in [0.4, 0.5) is 0 Å². The normalized spacial score (nSPS) is 20.2. The summed E-state index contributed by atoms with van der Waals surface area (Å²) in [7, 11) is -3.02. The number of hydrogen-bond acceptors (Lipinski definition) is 7. The average molecular weight is 474 g/mol. The number of aromatic nitrogens is 2. The predicted molar refractivity (Wildman–Crippen MR) is 125 cm³/mol. The largest absolute Gasteiger partial charge is 0.335 e. The lowest BCUT2D eigenvalue weighted by Gasteiger charge is -2.28. The SMILES string of the molecule is Cc1nc(SCC(=O)N(C2CC2)C2CCS(=O)(=O)C2)c2cc(-c3ccccc3)sc2n1. The lowest BCUT2D eigenvalue weighted by Crippen LogP contribution is -2.43. The molecule has 1 amide bonds. The second-order valence-electron chi connectivity index (χ2n) is 8.15. The molecule has 3 aromatic rings. The summed E-state index contributed by atoms with van der Waals surface area (Å²) in [5, 5.41) is 1.78. The summed E-state index contributed by atoms with van der Waals surface area (Å²) < 4.78 is 23.9. The first-order chi connectivity index (χ1) is 14.9. The Morgan fingerprint density at radius 1 is 1.16 bits per heavy atom. The van der Waals surface area contributed by atoms with Crippen LogP contribution in [0.3, 0.4) is 0 Å². The summed E-state index contributed by atoms with van der Waals surface area (Å²) in [5.41, 5.74) is 1.14. The molecule has 2 aromatic heterocycles. The van der Waals surface area contributed by atoms with Gasteiger partial charge in [0.15, 0.2) is 9.84 Å². The number of thioether (sulfide) groups is 1. The quantitative estimate of drug-likeness (QED) is 0.399. The first kappa shape index (κ1) is 20.9. The zero-order chi connectivity index (χ0) is 21.6. The van der Waals surface area contributed by atoms with Gasteiger partial charge in [0.2, 0.25) is 5.91 Å². The van der Waals surface area contributed by atoms with E-state index in [1.54, 1.807) is 11.3 Å². The van der Waals surface area contributed by atoms with Crippen molar-refractivity contribution in [3.63, 3.8) is 0 Å². The Balaban J connectivity index is 1.37. The molecule has 0 spiro atoms. The van der Waals surface area contributed by atoms with E-state index in [0.717, 1.165) is 38.5 Å². The van der Waals surface area contributed by atoms with Gasteiger partial charge in [-0.3, -0.25) is 4.79 Å². The molecule has 5 rings (SSSR count). The van der Waals surface area contributed by atoms with Crippen molar-refractivity contribution in [1.82, 2.24) is 14.9 Å². The van der Waals surface area contributed by atoms with Crippen molar-refractivity contribution in [2.24, 2.45) is 0 Å². The van der Waals surface area contributed by atoms with Crippen LogP contribution in [0.2, 0.25) is 0 Å². The highest BCUT2D eigenvalue weighted by molar-refractivity contribution is 8.00. The summed E-state index contributed by atoms with van der Waals surface area (Å²) in [6, 6.07) is 12.3. The molecule has 1 saturated carbocycles. The van der Waals surface area contributed by atoms with Gasteiger partial charge in [-0.05, 0) is 37.8 Å². The standard InChI is InChI=1S/C22H23N3O3S3/c1-14-23-21(18-11-19(30-22(18)24-14)15-5-3-2-4-6-15)29-12-20(26)25(16-7-8-16)17-9-10-31(27,28)13-17/h2-6,11,16-17H,7-10,12-13H2,1H3. The fraction of sp³-hybridized carbons (Fsp3) is 0.409. The molecule has 162 valence electrons. The summed E-state index contributed by atoms with van der Waals surface area (Å²) in [6.07, 6.45) is 2.49. The lowest BCUT2D eigenvalue weighted by molar-refractivity contribution is -0.130. The van der Waals surface area contributed by atoms with Crippen LogP contribution in [0, 0.1) is 6.92 Å². The van der Waals surface area contributed by atoms with Gasteiger partial charge < -0.3 is 4.90 Å². The number of fused-ring (bicyclic) bond motifs is 1. The molecule has 1 aliphatic heterocycles. The Kier molecular flexibility index (Phi) is 5.52. The molecule has 2 fully saturated rings. The molecule has 3 heterocycles. The molecule has 2 aliphatic rings. The molecule has 0 radical (unpaired) electrons. The lowest BCUT2D eigenvalue weighted by atomic mass is 10.2. The van der Waals surface area contributed by atoms with Crippen molar-refractivity contribution in [2.45, 2.75) is 43.3 Å². The number of nitrogens with zero attached hydrogens (tertiary/aromatic N) is 3. The Bertz CT molecular complexity index is 1240. The maximum atomic E-state index is 13.1. The first-order valence-corrected chi connectivity index (χ1v) is 14.0. The van der Waals surface area contributed by atoms with Gasteiger partial charge in [-0.1, -0.05) is 42.1 Å².